The first-order valence-corrected chi connectivity index (χ1v) is 9.17. The van der Waals surface area contributed by atoms with Gasteiger partial charge in [0.2, 0.25) is 0 Å². The molecule has 0 aliphatic heterocycles. The highest BCUT2D eigenvalue weighted by molar-refractivity contribution is 5.79. The number of nitrogens with one attached hydrogen (secondary N) is 1. The van der Waals surface area contributed by atoms with Gasteiger partial charge in [0.1, 0.15) is 6.61 Å². The van der Waals surface area contributed by atoms with E-state index in [1.165, 1.54) is 22.3 Å². The van der Waals surface area contributed by atoms with Gasteiger partial charge in [-0.3, -0.25) is 0 Å². The molecule has 1 saturated carbocycles. The van der Waals surface area contributed by atoms with Gasteiger partial charge < -0.3 is 15.8 Å². The molecule has 0 radical (unpaired) electrons. The predicted molar refractivity (Wildman–Crippen MR) is 97.1 cm³/mol. The molecule has 4 N–H and O–H groups in total. The number of carbonyl (C=O) groups excluding carboxylic acids is 1. The SMILES string of the molecule is [NH3+]C1CCC(NC(=O)OCC2c3ccccc3-c3ccccc32)CC1. The average molecular weight is 337 g/mol. The number of quaternary nitrogens is 1. The number of benzene rings is 2. The second kappa shape index (κ2) is 6.89. The fraction of sp³-hybridized carbons (Fsp3) is 0.381. The van der Waals surface area contributed by atoms with Gasteiger partial charge in [0.05, 0.1) is 6.04 Å². The summed E-state index contributed by atoms with van der Waals surface area (Å²) in [7, 11) is 0. The van der Waals surface area contributed by atoms with Crippen molar-refractivity contribution in [2.24, 2.45) is 0 Å². The summed E-state index contributed by atoms with van der Waals surface area (Å²) in [6.45, 7) is 0.380. The van der Waals surface area contributed by atoms with Crippen LogP contribution < -0.4 is 11.1 Å². The molecular weight excluding hydrogens is 312 g/mol. The summed E-state index contributed by atoms with van der Waals surface area (Å²) in [5.74, 6) is 0.119. The summed E-state index contributed by atoms with van der Waals surface area (Å²) in [4.78, 5) is 12.2. The first-order chi connectivity index (χ1) is 12.2. The molecule has 0 aromatic heterocycles. The molecule has 0 heterocycles. The van der Waals surface area contributed by atoms with Crippen LogP contribution >= 0.6 is 0 Å². The Kier molecular flexibility index (Phi) is 4.45. The van der Waals surface area contributed by atoms with Crippen LogP contribution in [0, 0.1) is 0 Å². The molecule has 1 fully saturated rings. The lowest BCUT2D eigenvalue weighted by atomic mass is 9.92. The number of alkyl carbamates (subject to hydrolysis) is 1. The topological polar surface area (TPSA) is 66.0 Å². The third-order valence-electron chi connectivity index (χ3n) is 5.51. The van der Waals surface area contributed by atoms with Gasteiger partial charge in [-0.1, -0.05) is 48.5 Å². The van der Waals surface area contributed by atoms with Gasteiger partial charge in [0, 0.05) is 24.8 Å². The van der Waals surface area contributed by atoms with E-state index >= 15 is 0 Å². The van der Waals surface area contributed by atoms with E-state index in [0.717, 1.165) is 25.7 Å². The Hall–Kier alpha value is -2.33. The smallest absolute Gasteiger partial charge is 0.407 e. The minimum Gasteiger partial charge on any atom is -0.449 e. The molecule has 1 amide bonds. The minimum atomic E-state index is -0.297. The van der Waals surface area contributed by atoms with Crippen molar-refractivity contribution in [1.82, 2.24) is 5.32 Å². The normalized spacial score (nSPS) is 22.1. The standard InChI is InChI=1S/C21H24N2O2/c22-14-9-11-15(12-10-14)23-21(24)25-13-20-18-7-3-1-5-16(18)17-6-2-4-8-19(17)20/h1-8,14-15,20H,9-13,22H2,(H,23,24)/p+1. The van der Waals surface area contributed by atoms with Gasteiger partial charge in [0.25, 0.3) is 0 Å². The van der Waals surface area contributed by atoms with E-state index in [1.807, 2.05) is 0 Å². The largest absolute Gasteiger partial charge is 0.449 e. The lowest BCUT2D eigenvalue weighted by Gasteiger charge is -2.25. The molecule has 0 unspecified atom stereocenters. The molecule has 2 aromatic rings. The van der Waals surface area contributed by atoms with Crippen molar-refractivity contribution >= 4 is 6.09 Å². The molecule has 2 aromatic carbocycles. The maximum atomic E-state index is 12.2. The number of rotatable bonds is 3. The molecule has 2 aliphatic rings. The second-order valence-corrected chi connectivity index (χ2v) is 7.19. The van der Waals surface area contributed by atoms with E-state index < -0.39 is 0 Å². The summed E-state index contributed by atoms with van der Waals surface area (Å²) in [6, 6.07) is 17.5. The fourth-order valence-electron chi connectivity index (χ4n) is 4.11. The Morgan fingerprint density at radius 2 is 1.52 bits per heavy atom. The highest BCUT2D eigenvalue weighted by Crippen LogP contribution is 2.44. The predicted octanol–water partition coefficient (Wildman–Crippen LogP) is 3.08. The van der Waals surface area contributed by atoms with E-state index in [4.69, 9.17) is 4.74 Å². The van der Waals surface area contributed by atoms with Crippen molar-refractivity contribution in [2.75, 3.05) is 6.61 Å². The molecule has 25 heavy (non-hydrogen) atoms. The molecule has 4 nitrogen and oxygen atoms in total. The summed E-state index contributed by atoms with van der Waals surface area (Å²) in [6.07, 6.45) is 3.86. The van der Waals surface area contributed by atoms with Crippen LogP contribution in [0.4, 0.5) is 4.79 Å². The third kappa shape index (κ3) is 3.27. The fourth-order valence-corrected chi connectivity index (χ4v) is 4.11. The zero-order chi connectivity index (χ0) is 17.2. The molecule has 2 aliphatic carbocycles. The van der Waals surface area contributed by atoms with Crippen molar-refractivity contribution in [3.05, 3.63) is 59.7 Å². The molecule has 0 spiro atoms. The Morgan fingerprint density at radius 1 is 0.960 bits per heavy atom. The summed E-state index contributed by atoms with van der Waals surface area (Å²) < 4.78 is 5.60. The van der Waals surface area contributed by atoms with Gasteiger partial charge in [-0.05, 0) is 35.1 Å². The van der Waals surface area contributed by atoms with Crippen LogP contribution in [0.5, 0.6) is 0 Å². The van der Waals surface area contributed by atoms with E-state index in [-0.39, 0.29) is 18.1 Å². The van der Waals surface area contributed by atoms with Crippen LogP contribution in [0.25, 0.3) is 11.1 Å². The number of fused-ring (bicyclic) bond motifs is 3. The molecule has 130 valence electrons. The lowest BCUT2D eigenvalue weighted by molar-refractivity contribution is -0.425. The third-order valence-corrected chi connectivity index (χ3v) is 5.51. The lowest BCUT2D eigenvalue weighted by Crippen LogP contribution is -2.62. The van der Waals surface area contributed by atoms with Crippen LogP contribution in [-0.4, -0.2) is 24.8 Å². The first kappa shape index (κ1) is 16.2. The van der Waals surface area contributed by atoms with Crippen molar-refractivity contribution in [2.45, 2.75) is 43.7 Å². The Bertz CT molecular complexity index is 720. The highest BCUT2D eigenvalue weighted by atomic mass is 16.5. The van der Waals surface area contributed by atoms with Gasteiger partial charge in [0.15, 0.2) is 0 Å². The van der Waals surface area contributed by atoms with E-state index in [9.17, 15) is 4.79 Å². The summed E-state index contributed by atoms with van der Waals surface area (Å²) >= 11 is 0. The van der Waals surface area contributed by atoms with Crippen LogP contribution in [0.3, 0.4) is 0 Å². The van der Waals surface area contributed by atoms with Crippen molar-refractivity contribution in [1.29, 1.82) is 0 Å². The van der Waals surface area contributed by atoms with Crippen LogP contribution in [0.15, 0.2) is 48.5 Å². The Balaban J connectivity index is 1.42. The number of carbonyl (C=O) groups is 1. The van der Waals surface area contributed by atoms with Crippen molar-refractivity contribution < 1.29 is 15.3 Å². The zero-order valence-corrected chi connectivity index (χ0v) is 14.4. The molecule has 0 bridgehead atoms. The van der Waals surface area contributed by atoms with E-state index in [1.54, 1.807) is 0 Å². The second-order valence-electron chi connectivity index (χ2n) is 7.19. The monoisotopic (exact) mass is 337 g/mol. The van der Waals surface area contributed by atoms with Crippen LogP contribution in [-0.2, 0) is 4.74 Å². The summed E-state index contributed by atoms with van der Waals surface area (Å²) in [5.41, 5.74) is 9.09. The Labute approximate surface area is 148 Å². The zero-order valence-electron chi connectivity index (χ0n) is 14.4. The van der Waals surface area contributed by atoms with Gasteiger partial charge in [-0.15, -0.1) is 0 Å². The maximum Gasteiger partial charge on any atom is 0.407 e. The number of ether oxygens (including phenoxy) is 1. The van der Waals surface area contributed by atoms with Crippen molar-refractivity contribution in [3.8, 4) is 11.1 Å². The number of hydrogen-bond acceptors (Lipinski definition) is 2. The first-order valence-electron chi connectivity index (χ1n) is 9.17. The van der Waals surface area contributed by atoms with Crippen LogP contribution in [0.1, 0.15) is 42.7 Å². The molecule has 4 heteroatoms. The van der Waals surface area contributed by atoms with Crippen LogP contribution in [0.2, 0.25) is 0 Å². The van der Waals surface area contributed by atoms with Gasteiger partial charge >= 0.3 is 6.09 Å². The summed E-state index contributed by atoms with van der Waals surface area (Å²) in [5, 5.41) is 3.02. The van der Waals surface area contributed by atoms with E-state index in [0.29, 0.717) is 12.6 Å². The number of hydrogen-bond donors (Lipinski definition) is 2. The molecule has 4 rings (SSSR count). The van der Waals surface area contributed by atoms with E-state index in [2.05, 4.69) is 59.6 Å². The molecule has 0 atom stereocenters. The average Bonchev–Trinajstić information content (AvgIpc) is 2.96. The Morgan fingerprint density at radius 3 is 2.12 bits per heavy atom. The quantitative estimate of drug-likeness (QED) is 0.904. The highest BCUT2D eigenvalue weighted by Gasteiger charge is 2.29. The molecule has 0 saturated heterocycles. The molecular formula is C21H25N2O2+. The van der Waals surface area contributed by atoms with Gasteiger partial charge in [-0.25, -0.2) is 4.79 Å². The van der Waals surface area contributed by atoms with Crippen molar-refractivity contribution in [3.63, 3.8) is 0 Å². The van der Waals surface area contributed by atoms with Gasteiger partial charge in [-0.2, -0.15) is 0 Å². The number of amides is 1. The maximum absolute atomic E-state index is 12.2. The minimum absolute atomic E-state index is 0.119.